The number of urea groups is 1. The van der Waals surface area contributed by atoms with E-state index >= 15 is 0 Å². The molecule has 4 nitrogen and oxygen atoms in total. The van der Waals surface area contributed by atoms with E-state index in [2.05, 4.69) is 26.6 Å². The summed E-state index contributed by atoms with van der Waals surface area (Å²) in [6.07, 6.45) is 4.17. The number of benzene rings is 1. The van der Waals surface area contributed by atoms with Crippen LogP contribution in [0.2, 0.25) is 0 Å². The van der Waals surface area contributed by atoms with Crippen LogP contribution in [0.3, 0.4) is 0 Å². The molecule has 1 aromatic carbocycles. The van der Waals surface area contributed by atoms with E-state index in [1.165, 1.54) is 0 Å². The lowest BCUT2D eigenvalue weighted by molar-refractivity contribution is 0.156. The number of rotatable bonds is 3. The third-order valence-corrected chi connectivity index (χ3v) is 4.04. The quantitative estimate of drug-likeness (QED) is 0.799. The summed E-state index contributed by atoms with van der Waals surface area (Å²) in [5.74, 6) is 0.182. The molecule has 5 heteroatoms. The molecule has 2 rings (SSSR count). The molecule has 0 heterocycles. The highest BCUT2D eigenvalue weighted by atomic mass is 79.9. The molecule has 0 bridgehead atoms. The molecule has 1 aliphatic rings. The van der Waals surface area contributed by atoms with Gasteiger partial charge in [-0.25, -0.2) is 4.79 Å². The molecule has 104 valence electrons. The highest BCUT2D eigenvalue weighted by Gasteiger charge is 2.25. The third-order valence-electron chi connectivity index (χ3n) is 3.54. The molecule has 0 aromatic heterocycles. The highest BCUT2D eigenvalue weighted by Crippen LogP contribution is 2.24. The number of nitrogens with one attached hydrogen (secondary N) is 2. The van der Waals surface area contributed by atoms with E-state index < -0.39 is 0 Å². The summed E-state index contributed by atoms with van der Waals surface area (Å²) >= 11 is 3.37. The molecule has 2 atom stereocenters. The van der Waals surface area contributed by atoms with Gasteiger partial charge in [-0.1, -0.05) is 34.8 Å². The van der Waals surface area contributed by atoms with Gasteiger partial charge in [0.25, 0.3) is 0 Å². The maximum Gasteiger partial charge on any atom is 0.319 e. The largest absolute Gasteiger partial charge is 0.396 e. The molecule has 1 saturated carbocycles. The Kier molecular flexibility index (Phi) is 5.22. The molecule has 0 spiro atoms. The summed E-state index contributed by atoms with van der Waals surface area (Å²) < 4.78 is 0.927. The van der Waals surface area contributed by atoms with Gasteiger partial charge in [0.1, 0.15) is 0 Å². The summed E-state index contributed by atoms with van der Waals surface area (Å²) in [4.78, 5) is 11.9. The smallest absolute Gasteiger partial charge is 0.319 e. The van der Waals surface area contributed by atoms with Crippen LogP contribution in [0.15, 0.2) is 28.7 Å². The molecule has 1 aliphatic carbocycles. The summed E-state index contributed by atoms with van der Waals surface area (Å²) in [6.45, 7) is 0.141. The van der Waals surface area contributed by atoms with Gasteiger partial charge in [-0.15, -0.1) is 0 Å². The Morgan fingerprint density at radius 1 is 1.37 bits per heavy atom. The minimum Gasteiger partial charge on any atom is -0.396 e. The van der Waals surface area contributed by atoms with Gasteiger partial charge in [-0.3, -0.25) is 0 Å². The second kappa shape index (κ2) is 6.91. The van der Waals surface area contributed by atoms with Crippen molar-refractivity contribution in [2.24, 2.45) is 5.92 Å². The maximum atomic E-state index is 11.9. The summed E-state index contributed by atoms with van der Waals surface area (Å²) in [5, 5.41) is 15.1. The number of aliphatic hydroxyl groups is 1. The molecule has 0 saturated heterocycles. The van der Waals surface area contributed by atoms with E-state index in [-0.39, 0.29) is 24.6 Å². The van der Waals surface area contributed by atoms with Crippen molar-refractivity contribution < 1.29 is 9.90 Å². The molecular formula is C14H19BrN2O2. The predicted molar refractivity (Wildman–Crippen MR) is 79.1 cm³/mol. The van der Waals surface area contributed by atoms with E-state index in [9.17, 15) is 9.90 Å². The fraction of sp³-hybridized carbons (Fsp3) is 0.500. The van der Waals surface area contributed by atoms with Gasteiger partial charge in [0.2, 0.25) is 0 Å². The van der Waals surface area contributed by atoms with Crippen LogP contribution in [-0.4, -0.2) is 23.8 Å². The minimum absolute atomic E-state index is 0.0749. The Bertz CT molecular complexity index is 439. The van der Waals surface area contributed by atoms with Crippen LogP contribution < -0.4 is 10.6 Å². The molecule has 2 amide bonds. The first-order valence-corrected chi connectivity index (χ1v) is 7.42. The predicted octanol–water partition coefficient (Wildman–Crippen LogP) is 3.12. The standard InChI is InChI=1S/C14H19BrN2O2/c15-11-5-3-6-12(8-11)16-14(19)17-13-7-2-1-4-10(13)9-18/h3,5-6,8,10,13,18H,1-2,4,7,9H2,(H2,16,17,19). The number of carbonyl (C=O) groups is 1. The number of carbonyl (C=O) groups excluding carboxylic acids is 1. The van der Waals surface area contributed by atoms with Crippen LogP contribution in [0.4, 0.5) is 10.5 Å². The lowest BCUT2D eigenvalue weighted by Crippen LogP contribution is -2.45. The second-order valence-electron chi connectivity index (χ2n) is 4.94. The van der Waals surface area contributed by atoms with Crippen LogP contribution >= 0.6 is 15.9 Å². The topological polar surface area (TPSA) is 61.4 Å². The van der Waals surface area contributed by atoms with Crippen molar-refractivity contribution >= 4 is 27.6 Å². The van der Waals surface area contributed by atoms with Gasteiger partial charge in [0.05, 0.1) is 0 Å². The van der Waals surface area contributed by atoms with Crippen molar-refractivity contribution in [1.82, 2.24) is 5.32 Å². The fourth-order valence-electron chi connectivity index (χ4n) is 2.52. The van der Waals surface area contributed by atoms with Crippen LogP contribution in [-0.2, 0) is 0 Å². The third kappa shape index (κ3) is 4.21. The van der Waals surface area contributed by atoms with Crippen LogP contribution in [0, 0.1) is 5.92 Å². The van der Waals surface area contributed by atoms with Gasteiger partial charge in [0, 0.05) is 28.7 Å². The molecule has 1 aromatic rings. The minimum atomic E-state index is -0.205. The molecule has 1 fully saturated rings. The van der Waals surface area contributed by atoms with Gasteiger partial charge in [0.15, 0.2) is 0 Å². The average molecular weight is 327 g/mol. The normalized spacial score (nSPS) is 22.8. The number of amides is 2. The summed E-state index contributed by atoms with van der Waals surface area (Å²) in [7, 11) is 0. The zero-order valence-corrected chi connectivity index (χ0v) is 12.3. The van der Waals surface area contributed by atoms with Crippen molar-refractivity contribution in [2.45, 2.75) is 31.7 Å². The van der Waals surface area contributed by atoms with Crippen molar-refractivity contribution in [3.63, 3.8) is 0 Å². The number of aliphatic hydroxyl groups excluding tert-OH is 1. The van der Waals surface area contributed by atoms with E-state index in [0.29, 0.717) is 0 Å². The van der Waals surface area contributed by atoms with Crippen LogP contribution in [0.5, 0.6) is 0 Å². The van der Waals surface area contributed by atoms with Gasteiger partial charge in [-0.05, 0) is 31.0 Å². The Balaban J connectivity index is 1.90. The lowest BCUT2D eigenvalue weighted by Gasteiger charge is -2.30. The van der Waals surface area contributed by atoms with Crippen molar-refractivity contribution in [1.29, 1.82) is 0 Å². The van der Waals surface area contributed by atoms with Gasteiger partial charge < -0.3 is 15.7 Å². The fourth-order valence-corrected chi connectivity index (χ4v) is 2.92. The molecule has 2 unspecified atom stereocenters. The van der Waals surface area contributed by atoms with Gasteiger partial charge in [-0.2, -0.15) is 0 Å². The number of anilines is 1. The zero-order valence-electron chi connectivity index (χ0n) is 10.7. The Morgan fingerprint density at radius 3 is 2.89 bits per heavy atom. The lowest BCUT2D eigenvalue weighted by atomic mass is 9.85. The first-order chi connectivity index (χ1) is 9.19. The number of halogens is 1. The Hall–Kier alpha value is -1.07. The first-order valence-electron chi connectivity index (χ1n) is 6.63. The molecular weight excluding hydrogens is 308 g/mol. The Labute approximate surface area is 121 Å². The number of hydrogen-bond acceptors (Lipinski definition) is 2. The van der Waals surface area contributed by atoms with Crippen LogP contribution in [0.1, 0.15) is 25.7 Å². The first kappa shape index (κ1) is 14.3. The zero-order chi connectivity index (χ0) is 13.7. The van der Waals surface area contributed by atoms with Crippen molar-refractivity contribution in [3.8, 4) is 0 Å². The summed E-state index contributed by atoms with van der Waals surface area (Å²) in [6, 6.07) is 7.34. The average Bonchev–Trinajstić information content (AvgIpc) is 2.39. The van der Waals surface area contributed by atoms with E-state index in [1.807, 2.05) is 24.3 Å². The monoisotopic (exact) mass is 326 g/mol. The van der Waals surface area contributed by atoms with E-state index in [4.69, 9.17) is 0 Å². The molecule has 0 aliphatic heterocycles. The van der Waals surface area contributed by atoms with E-state index in [1.54, 1.807) is 0 Å². The van der Waals surface area contributed by atoms with Crippen molar-refractivity contribution in [2.75, 3.05) is 11.9 Å². The Morgan fingerprint density at radius 2 is 2.16 bits per heavy atom. The molecule has 19 heavy (non-hydrogen) atoms. The van der Waals surface area contributed by atoms with Gasteiger partial charge >= 0.3 is 6.03 Å². The molecule has 3 N–H and O–H groups in total. The van der Waals surface area contributed by atoms with Crippen LogP contribution in [0.25, 0.3) is 0 Å². The summed E-state index contributed by atoms with van der Waals surface area (Å²) in [5.41, 5.74) is 0.753. The maximum absolute atomic E-state index is 11.9. The van der Waals surface area contributed by atoms with Crippen molar-refractivity contribution in [3.05, 3.63) is 28.7 Å². The SMILES string of the molecule is O=C(Nc1cccc(Br)c1)NC1CCCCC1CO. The molecule has 0 radical (unpaired) electrons. The van der Waals surface area contributed by atoms with E-state index in [0.717, 1.165) is 35.8 Å². The number of hydrogen-bond donors (Lipinski definition) is 3. The second-order valence-corrected chi connectivity index (χ2v) is 5.86. The highest BCUT2D eigenvalue weighted by molar-refractivity contribution is 9.10.